The van der Waals surface area contributed by atoms with Gasteiger partial charge in [-0.1, -0.05) is 12.1 Å². The molecule has 2 aromatic carbocycles. The van der Waals surface area contributed by atoms with Gasteiger partial charge in [0.25, 0.3) is 11.5 Å². The Morgan fingerprint density at radius 3 is 2.60 bits per heavy atom. The minimum Gasteiger partial charge on any atom is -0.298 e. The van der Waals surface area contributed by atoms with E-state index < -0.39 is 0 Å². The Morgan fingerprint density at radius 1 is 1.03 bits per heavy atom. The topological polar surface area (TPSA) is 76.9 Å². The Morgan fingerprint density at radius 2 is 1.80 bits per heavy atom. The maximum Gasteiger partial charge on any atom is 0.265 e. The van der Waals surface area contributed by atoms with Gasteiger partial charge < -0.3 is 0 Å². The number of para-hydroxylation sites is 1. The molecule has 7 heteroatoms. The van der Waals surface area contributed by atoms with E-state index in [9.17, 15) is 9.59 Å². The first-order valence-corrected chi connectivity index (χ1v) is 10.8. The molecule has 0 aliphatic heterocycles. The van der Waals surface area contributed by atoms with Crippen molar-refractivity contribution < 1.29 is 4.79 Å². The summed E-state index contributed by atoms with van der Waals surface area (Å²) < 4.78 is 1.57. The van der Waals surface area contributed by atoms with Gasteiger partial charge in [0.05, 0.1) is 22.3 Å². The van der Waals surface area contributed by atoms with Gasteiger partial charge in [-0.2, -0.15) is 0 Å². The molecule has 150 valence electrons. The van der Waals surface area contributed by atoms with Gasteiger partial charge >= 0.3 is 0 Å². The van der Waals surface area contributed by atoms with Gasteiger partial charge in [0.2, 0.25) is 0 Å². The molecule has 2 aromatic heterocycles. The minimum absolute atomic E-state index is 0.122. The Bertz CT molecular complexity index is 1300. The van der Waals surface area contributed by atoms with Crippen LogP contribution in [0.5, 0.6) is 0 Å². The Kier molecular flexibility index (Phi) is 4.67. The van der Waals surface area contributed by atoms with Crippen LogP contribution in [0.25, 0.3) is 16.6 Å². The molecule has 30 heavy (non-hydrogen) atoms. The molecule has 0 bridgehead atoms. The second-order valence-electron chi connectivity index (χ2n) is 7.41. The summed E-state index contributed by atoms with van der Waals surface area (Å²) in [5.41, 5.74) is 2.88. The monoisotopic (exact) mass is 416 g/mol. The van der Waals surface area contributed by atoms with Crippen LogP contribution in [0, 0.1) is 6.92 Å². The number of aryl methyl sites for hydroxylation is 3. The zero-order chi connectivity index (χ0) is 20.7. The summed E-state index contributed by atoms with van der Waals surface area (Å²) in [5, 5.41) is 4.13. The first-order valence-electron chi connectivity index (χ1n) is 9.99. The first kappa shape index (κ1) is 18.7. The van der Waals surface area contributed by atoms with E-state index in [-0.39, 0.29) is 11.5 Å². The lowest BCUT2D eigenvalue weighted by atomic mass is 10.0. The van der Waals surface area contributed by atoms with E-state index in [1.807, 2.05) is 18.2 Å². The number of nitrogens with one attached hydrogen (secondary N) is 1. The van der Waals surface area contributed by atoms with Gasteiger partial charge in [-0.25, -0.2) is 9.97 Å². The fraction of sp³-hybridized carbons (Fsp3) is 0.217. The summed E-state index contributed by atoms with van der Waals surface area (Å²) >= 11 is 1.57. The number of anilines is 1. The molecule has 1 N–H and O–H groups in total. The van der Waals surface area contributed by atoms with Crippen molar-refractivity contribution in [3.05, 3.63) is 80.8 Å². The lowest BCUT2D eigenvalue weighted by Crippen LogP contribution is -2.22. The molecule has 0 saturated carbocycles. The molecule has 0 spiro atoms. The molecule has 1 amide bonds. The molecular formula is C23H20N4O2S. The van der Waals surface area contributed by atoms with Crippen molar-refractivity contribution in [1.82, 2.24) is 14.5 Å². The normalized spacial score (nSPS) is 13.2. The number of aromatic nitrogens is 3. The second kappa shape index (κ2) is 7.50. The lowest BCUT2D eigenvalue weighted by molar-refractivity contribution is 0.102. The minimum atomic E-state index is -0.201. The number of hydrogen-bond donors (Lipinski definition) is 1. The van der Waals surface area contributed by atoms with Crippen LogP contribution in [0.4, 0.5) is 5.13 Å². The molecule has 0 radical (unpaired) electrons. The molecule has 1 aliphatic carbocycles. The van der Waals surface area contributed by atoms with Crippen LogP contribution in [0.2, 0.25) is 0 Å². The molecule has 0 fully saturated rings. The summed E-state index contributed by atoms with van der Waals surface area (Å²) in [7, 11) is 0. The predicted octanol–water partition coefficient (Wildman–Crippen LogP) is 4.28. The SMILES string of the molecule is Cc1nc2ccccc2c(=O)n1-c1ccc(C(=O)Nc2nc3c(s2)CCCC3)cc1. The number of fused-ring (bicyclic) bond motifs is 2. The first-order chi connectivity index (χ1) is 14.6. The molecule has 6 nitrogen and oxygen atoms in total. The Labute approximate surface area is 177 Å². The van der Waals surface area contributed by atoms with Crippen LogP contribution in [0.15, 0.2) is 53.3 Å². The van der Waals surface area contributed by atoms with Crippen molar-refractivity contribution in [3.8, 4) is 5.69 Å². The predicted molar refractivity (Wildman–Crippen MR) is 119 cm³/mol. The lowest BCUT2D eigenvalue weighted by Gasteiger charge is -2.11. The molecule has 5 rings (SSSR count). The average Bonchev–Trinajstić information content (AvgIpc) is 3.16. The highest BCUT2D eigenvalue weighted by Crippen LogP contribution is 2.29. The van der Waals surface area contributed by atoms with E-state index in [1.165, 1.54) is 11.3 Å². The number of carbonyl (C=O) groups is 1. The molecule has 0 unspecified atom stereocenters. The van der Waals surface area contributed by atoms with Crippen LogP contribution in [0.1, 0.15) is 39.6 Å². The van der Waals surface area contributed by atoms with Crippen LogP contribution >= 0.6 is 11.3 Å². The van der Waals surface area contributed by atoms with E-state index in [4.69, 9.17) is 0 Å². The summed E-state index contributed by atoms with van der Waals surface area (Å²) in [5.74, 6) is 0.401. The average molecular weight is 417 g/mol. The van der Waals surface area contributed by atoms with E-state index in [1.54, 1.807) is 53.2 Å². The van der Waals surface area contributed by atoms with Crippen molar-refractivity contribution in [2.24, 2.45) is 0 Å². The van der Waals surface area contributed by atoms with Gasteiger partial charge in [-0.3, -0.25) is 19.5 Å². The van der Waals surface area contributed by atoms with Gasteiger partial charge in [-0.05, 0) is 69.0 Å². The fourth-order valence-corrected chi connectivity index (χ4v) is 4.93. The third kappa shape index (κ3) is 3.31. The van der Waals surface area contributed by atoms with E-state index in [2.05, 4.69) is 15.3 Å². The van der Waals surface area contributed by atoms with Crippen LogP contribution < -0.4 is 10.9 Å². The summed E-state index contributed by atoms with van der Waals surface area (Å²) in [6.07, 6.45) is 4.39. The molecule has 1 aliphatic rings. The van der Waals surface area contributed by atoms with Gasteiger partial charge in [0.1, 0.15) is 5.82 Å². The van der Waals surface area contributed by atoms with E-state index in [0.717, 1.165) is 25.0 Å². The smallest absolute Gasteiger partial charge is 0.265 e. The molecule has 0 saturated heterocycles. The quantitative estimate of drug-likeness (QED) is 0.541. The number of amides is 1. The largest absolute Gasteiger partial charge is 0.298 e. The van der Waals surface area contributed by atoms with Crippen molar-refractivity contribution in [2.75, 3.05) is 5.32 Å². The highest BCUT2D eigenvalue weighted by atomic mass is 32.1. The number of rotatable bonds is 3. The van der Waals surface area contributed by atoms with Gasteiger partial charge in [-0.15, -0.1) is 11.3 Å². The summed E-state index contributed by atoms with van der Waals surface area (Å²) in [6, 6.07) is 14.3. The third-order valence-corrected chi connectivity index (χ3v) is 6.47. The van der Waals surface area contributed by atoms with E-state index in [0.29, 0.717) is 33.1 Å². The Hall–Kier alpha value is -3.32. The van der Waals surface area contributed by atoms with Gasteiger partial charge in [0, 0.05) is 10.4 Å². The Balaban J connectivity index is 1.42. The third-order valence-electron chi connectivity index (χ3n) is 5.40. The van der Waals surface area contributed by atoms with Gasteiger partial charge in [0.15, 0.2) is 5.13 Å². The molecule has 2 heterocycles. The highest BCUT2D eigenvalue weighted by Gasteiger charge is 2.17. The second-order valence-corrected chi connectivity index (χ2v) is 8.50. The highest BCUT2D eigenvalue weighted by molar-refractivity contribution is 7.15. The molecule has 0 atom stereocenters. The van der Waals surface area contributed by atoms with Crippen molar-refractivity contribution in [1.29, 1.82) is 0 Å². The maximum atomic E-state index is 12.9. The number of benzene rings is 2. The van der Waals surface area contributed by atoms with Crippen molar-refractivity contribution in [3.63, 3.8) is 0 Å². The standard InChI is InChI=1S/C23H20N4O2S/c1-14-24-18-7-3-2-6-17(18)22(29)27(14)16-12-10-15(11-13-16)21(28)26-23-25-19-8-4-5-9-20(19)30-23/h2-3,6-7,10-13H,4-5,8-9H2,1H3,(H,25,26,28). The number of thiazole rings is 1. The zero-order valence-corrected chi connectivity index (χ0v) is 17.3. The van der Waals surface area contributed by atoms with Crippen molar-refractivity contribution in [2.45, 2.75) is 32.6 Å². The van der Waals surface area contributed by atoms with Crippen molar-refractivity contribution >= 4 is 33.3 Å². The number of nitrogens with zero attached hydrogens (tertiary/aromatic N) is 3. The summed E-state index contributed by atoms with van der Waals surface area (Å²) in [4.78, 5) is 36.0. The number of carbonyl (C=O) groups excluding carboxylic acids is 1. The molecular weight excluding hydrogens is 396 g/mol. The van der Waals surface area contributed by atoms with Crippen LogP contribution in [0.3, 0.4) is 0 Å². The van der Waals surface area contributed by atoms with Crippen LogP contribution in [-0.2, 0) is 12.8 Å². The molecule has 4 aromatic rings. The van der Waals surface area contributed by atoms with E-state index >= 15 is 0 Å². The zero-order valence-electron chi connectivity index (χ0n) is 16.5. The fourth-order valence-electron chi connectivity index (χ4n) is 3.88. The summed E-state index contributed by atoms with van der Waals surface area (Å²) in [6.45, 7) is 1.80. The number of hydrogen-bond acceptors (Lipinski definition) is 5. The van der Waals surface area contributed by atoms with Crippen LogP contribution in [-0.4, -0.2) is 20.4 Å². The maximum absolute atomic E-state index is 12.9.